The van der Waals surface area contributed by atoms with Gasteiger partial charge in [-0.25, -0.2) is 4.39 Å². The fourth-order valence-electron chi connectivity index (χ4n) is 3.73. The summed E-state index contributed by atoms with van der Waals surface area (Å²) in [5.41, 5.74) is 1.51. The average molecular weight is 420 g/mol. The smallest absolute Gasteiger partial charge is 0.254 e. The molecule has 0 amide bonds. The first kappa shape index (κ1) is 21.0. The Morgan fingerprint density at radius 1 is 1.00 bits per heavy atom. The molecule has 4 rings (SSSR count). The Labute approximate surface area is 180 Å². The van der Waals surface area contributed by atoms with Gasteiger partial charge in [0.1, 0.15) is 18.2 Å². The quantitative estimate of drug-likeness (QED) is 0.516. The summed E-state index contributed by atoms with van der Waals surface area (Å²) >= 11 is 0. The van der Waals surface area contributed by atoms with Crippen LogP contribution in [-0.4, -0.2) is 28.3 Å². The minimum atomic E-state index is -0.380. The molecule has 2 aromatic carbocycles. The van der Waals surface area contributed by atoms with Crippen LogP contribution < -0.4 is 10.3 Å². The van der Waals surface area contributed by atoms with Crippen molar-refractivity contribution in [1.82, 2.24) is 9.47 Å². The number of nitrogens with zero attached hydrogens (tertiary/aromatic N) is 2. The SMILES string of the molecule is O=C(Cn1ccc(OCc2ccccc2)cc1=O)c1ccc(CN2CCCC2)c(F)c1. The average Bonchev–Trinajstić information content (AvgIpc) is 3.29. The third-order valence-corrected chi connectivity index (χ3v) is 5.50. The van der Waals surface area contributed by atoms with Gasteiger partial charge in [0, 0.05) is 29.9 Å². The van der Waals surface area contributed by atoms with Gasteiger partial charge in [-0.15, -0.1) is 0 Å². The molecule has 1 aliphatic rings. The van der Waals surface area contributed by atoms with Crippen molar-refractivity contribution in [3.05, 3.63) is 99.7 Å². The van der Waals surface area contributed by atoms with Crippen molar-refractivity contribution < 1.29 is 13.9 Å². The number of halogens is 1. The molecule has 6 heteroatoms. The molecule has 1 aliphatic heterocycles. The van der Waals surface area contributed by atoms with Gasteiger partial charge in [0.25, 0.3) is 5.56 Å². The first-order valence-electron chi connectivity index (χ1n) is 10.5. The van der Waals surface area contributed by atoms with Crippen LogP contribution >= 0.6 is 0 Å². The lowest BCUT2D eigenvalue weighted by Crippen LogP contribution is -2.23. The highest BCUT2D eigenvalue weighted by Gasteiger charge is 2.16. The molecular weight excluding hydrogens is 395 g/mol. The zero-order valence-electron chi connectivity index (χ0n) is 17.3. The second-order valence-electron chi connectivity index (χ2n) is 7.82. The molecule has 1 saturated heterocycles. The minimum absolute atomic E-state index is 0.150. The van der Waals surface area contributed by atoms with Crippen LogP contribution in [0.3, 0.4) is 0 Å². The van der Waals surface area contributed by atoms with Gasteiger partial charge in [-0.1, -0.05) is 42.5 Å². The number of rotatable bonds is 8. The minimum Gasteiger partial charge on any atom is -0.489 e. The van der Waals surface area contributed by atoms with E-state index >= 15 is 0 Å². The Kier molecular flexibility index (Phi) is 6.57. The lowest BCUT2D eigenvalue weighted by Gasteiger charge is -2.15. The zero-order chi connectivity index (χ0) is 21.6. The van der Waals surface area contributed by atoms with E-state index in [1.54, 1.807) is 18.2 Å². The summed E-state index contributed by atoms with van der Waals surface area (Å²) in [7, 11) is 0. The molecule has 5 nitrogen and oxygen atoms in total. The third-order valence-electron chi connectivity index (χ3n) is 5.50. The standard InChI is InChI=1S/C25H25FN2O3/c26-23-14-20(8-9-21(23)16-27-11-4-5-12-27)24(29)17-28-13-10-22(15-25(28)30)31-18-19-6-2-1-3-7-19/h1-3,6-10,13-15H,4-5,11-12,16-18H2. The van der Waals surface area contributed by atoms with Crippen LogP contribution in [0, 0.1) is 5.82 Å². The number of ether oxygens (including phenoxy) is 1. The summed E-state index contributed by atoms with van der Waals surface area (Å²) < 4.78 is 21.4. The normalized spacial score (nSPS) is 14.0. The van der Waals surface area contributed by atoms with E-state index in [2.05, 4.69) is 4.90 Å². The van der Waals surface area contributed by atoms with E-state index in [9.17, 15) is 14.0 Å². The van der Waals surface area contributed by atoms with E-state index in [0.717, 1.165) is 31.5 Å². The number of carbonyl (C=O) groups excluding carboxylic acids is 1. The van der Waals surface area contributed by atoms with Gasteiger partial charge in [0.15, 0.2) is 5.78 Å². The zero-order valence-corrected chi connectivity index (χ0v) is 17.3. The number of ketones is 1. The Bertz CT molecular complexity index is 1110. The monoisotopic (exact) mass is 420 g/mol. The molecule has 0 bridgehead atoms. The maximum atomic E-state index is 14.5. The molecule has 160 valence electrons. The number of benzene rings is 2. The topological polar surface area (TPSA) is 51.5 Å². The van der Waals surface area contributed by atoms with Crippen LogP contribution in [0.4, 0.5) is 4.39 Å². The predicted octanol–water partition coefficient (Wildman–Crippen LogP) is 4.05. The largest absolute Gasteiger partial charge is 0.489 e. The molecule has 3 aromatic rings. The Morgan fingerprint density at radius 3 is 2.48 bits per heavy atom. The van der Waals surface area contributed by atoms with Crippen molar-refractivity contribution in [2.24, 2.45) is 0 Å². The molecule has 0 saturated carbocycles. The highest BCUT2D eigenvalue weighted by Crippen LogP contribution is 2.17. The van der Waals surface area contributed by atoms with E-state index in [1.807, 2.05) is 30.3 Å². The summed E-state index contributed by atoms with van der Waals surface area (Å²) in [5, 5.41) is 0. The molecule has 0 N–H and O–H groups in total. The second-order valence-corrected chi connectivity index (χ2v) is 7.82. The highest BCUT2D eigenvalue weighted by molar-refractivity contribution is 5.95. The molecule has 0 spiro atoms. The van der Waals surface area contributed by atoms with Gasteiger partial charge in [-0.3, -0.25) is 14.5 Å². The molecule has 0 unspecified atom stereocenters. The number of pyridine rings is 1. The van der Waals surface area contributed by atoms with Crippen molar-refractivity contribution in [3.8, 4) is 5.75 Å². The molecule has 1 fully saturated rings. The second kappa shape index (κ2) is 9.71. The van der Waals surface area contributed by atoms with Gasteiger partial charge in [0.2, 0.25) is 0 Å². The van der Waals surface area contributed by atoms with Crippen molar-refractivity contribution in [3.63, 3.8) is 0 Å². The predicted molar refractivity (Wildman–Crippen MR) is 117 cm³/mol. The van der Waals surface area contributed by atoms with Gasteiger partial charge >= 0.3 is 0 Å². The molecule has 31 heavy (non-hydrogen) atoms. The Morgan fingerprint density at radius 2 is 1.77 bits per heavy atom. The van der Waals surface area contributed by atoms with Crippen LogP contribution in [0.1, 0.15) is 34.3 Å². The number of carbonyl (C=O) groups is 1. The molecule has 0 atom stereocenters. The van der Waals surface area contributed by atoms with Crippen LogP contribution in [0.15, 0.2) is 71.7 Å². The highest BCUT2D eigenvalue weighted by atomic mass is 19.1. The summed E-state index contributed by atoms with van der Waals surface area (Å²) in [6.07, 6.45) is 3.81. The molecular formula is C25H25FN2O3. The number of aromatic nitrogens is 1. The maximum Gasteiger partial charge on any atom is 0.254 e. The number of Topliss-reactive ketones (excluding diaryl/α,β-unsaturated/α-hetero) is 1. The molecule has 0 radical (unpaired) electrons. The summed E-state index contributed by atoms with van der Waals surface area (Å²) in [5.74, 6) is -0.253. The number of likely N-dealkylation sites (tertiary alicyclic amines) is 1. The number of hydrogen-bond acceptors (Lipinski definition) is 4. The van der Waals surface area contributed by atoms with Crippen LogP contribution in [0.5, 0.6) is 5.75 Å². The van der Waals surface area contributed by atoms with Crippen LogP contribution in [0.25, 0.3) is 0 Å². The molecule has 2 heterocycles. The first-order chi connectivity index (χ1) is 15.1. The van der Waals surface area contributed by atoms with Gasteiger partial charge in [0.05, 0.1) is 6.54 Å². The lowest BCUT2D eigenvalue weighted by atomic mass is 10.1. The molecule has 0 aliphatic carbocycles. The fraction of sp³-hybridized carbons (Fsp3) is 0.280. The fourth-order valence-corrected chi connectivity index (χ4v) is 3.73. The lowest BCUT2D eigenvalue weighted by molar-refractivity contribution is 0.0970. The van der Waals surface area contributed by atoms with E-state index in [-0.39, 0.29) is 29.3 Å². The van der Waals surface area contributed by atoms with Crippen molar-refractivity contribution in [1.29, 1.82) is 0 Å². The van der Waals surface area contributed by atoms with Crippen molar-refractivity contribution in [2.45, 2.75) is 32.5 Å². The van der Waals surface area contributed by atoms with Gasteiger partial charge in [-0.05, 0) is 43.6 Å². The molecule has 1 aromatic heterocycles. The maximum absolute atomic E-state index is 14.5. The van der Waals surface area contributed by atoms with E-state index < -0.39 is 0 Å². The number of hydrogen-bond donors (Lipinski definition) is 0. The van der Waals surface area contributed by atoms with E-state index in [0.29, 0.717) is 24.5 Å². The Balaban J connectivity index is 1.38. The third kappa shape index (κ3) is 5.47. The van der Waals surface area contributed by atoms with Crippen molar-refractivity contribution in [2.75, 3.05) is 13.1 Å². The summed E-state index contributed by atoms with van der Waals surface area (Å²) in [4.78, 5) is 27.2. The van der Waals surface area contributed by atoms with Gasteiger partial charge in [-0.2, -0.15) is 0 Å². The van der Waals surface area contributed by atoms with Crippen LogP contribution in [-0.2, 0) is 19.7 Å². The van der Waals surface area contributed by atoms with E-state index in [1.165, 1.54) is 22.9 Å². The van der Waals surface area contributed by atoms with E-state index in [4.69, 9.17) is 4.74 Å². The first-order valence-corrected chi connectivity index (χ1v) is 10.5. The van der Waals surface area contributed by atoms with Gasteiger partial charge < -0.3 is 9.30 Å². The Hall–Kier alpha value is -3.25. The van der Waals surface area contributed by atoms with Crippen LogP contribution in [0.2, 0.25) is 0 Å². The summed E-state index contributed by atoms with van der Waals surface area (Å²) in [6.45, 7) is 2.72. The summed E-state index contributed by atoms with van der Waals surface area (Å²) in [6, 6.07) is 17.2. The van der Waals surface area contributed by atoms with Crippen molar-refractivity contribution >= 4 is 5.78 Å².